The van der Waals surface area contributed by atoms with E-state index in [-0.39, 0.29) is 23.6 Å². The third-order valence-electron chi connectivity index (χ3n) is 3.82. The van der Waals surface area contributed by atoms with Gasteiger partial charge in [0.15, 0.2) is 11.5 Å². The van der Waals surface area contributed by atoms with Gasteiger partial charge >= 0.3 is 12.3 Å². The molecule has 2 rings (SSSR count). The van der Waals surface area contributed by atoms with E-state index in [1.165, 1.54) is 6.08 Å². The van der Waals surface area contributed by atoms with Crippen LogP contribution in [-0.2, 0) is 10.9 Å². The highest BCUT2D eigenvalue weighted by Crippen LogP contribution is 2.29. The highest BCUT2D eigenvalue weighted by atomic mass is 19.4. The molecule has 1 saturated carbocycles. The first-order chi connectivity index (χ1) is 12.0. The number of rotatable bonds is 4. The molecular weight excluding hydrogens is 349 g/mol. The molecule has 1 aliphatic carbocycles. The molecule has 0 saturated heterocycles. The number of anilines is 1. The van der Waals surface area contributed by atoms with E-state index in [2.05, 4.69) is 27.2 Å². The van der Waals surface area contributed by atoms with Gasteiger partial charge in [0, 0.05) is 6.04 Å². The monoisotopic (exact) mass is 372 g/mol. The number of hydrogen-bond donors (Lipinski definition) is 2. The van der Waals surface area contributed by atoms with E-state index in [1.54, 1.807) is 20.8 Å². The summed E-state index contributed by atoms with van der Waals surface area (Å²) in [5.41, 5.74) is -1.67. The number of nitrogens with one attached hydrogen (secondary N) is 2. The van der Waals surface area contributed by atoms with Crippen LogP contribution in [0.3, 0.4) is 0 Å². The third-order valence-corrected chi connectivity index (χ3v) is 3.82. The molecule has 1 aromatic rings. The highest BCUT2D eigenvalue weighted by Gasteiger charge is 2.34. The van der Waals surface area contributed by atoms with E-state index in [9.17, 15) is 18.0 Å². The quantitative estimate of drug-likeness (QED) is 0.836. The smallest absolute Gasteiger partial charge is 0.434 e. The number of alkyl halides is 3. The number of halogens is 3. The average molecular weight is 372 g/mol. The molecule has 2 N–H and O–H groups in total. The van der Waals surface area contributed by atoms with Crippen LogP contribution in [0.2, 0.25) is 0 Å². The molecule has 0 aromatic carbocycles. The van der Waals surface area contributed by atoms with Crippen molar-refractivity contribution in [3.8, 4) is 0 Å². The van der Waals surface area contributed by atoms with Gasteiger partial charge in [-0.15, -0.1) is 0 Å². The van der Waals surface area contributed by atoms with Crippen molar-refractivity contribution in [1.82, 2.24) is 15.3 Å². The van der Waals surface area contributed by atoms with Crippen LogP contribution < -0.4 is 10.6 Å². The Kier molecular flexibility index (Phi) is 5.77. The first-order valence-corrected chi connectivity index (χ1v) is 8.32. The van der Waals surface area contributed by atoms with Gasteiger partial charge in [-0.25, -0.2) is 14.8 Å². The summed E-state index contributed by atoms with van der Waals surface area (Å²) in [6.07, 6.45) is -0.879. The molecule has 0 aliphatic heterocycles. The normalized spacial score (nSPS) is 20.5. The topological polar surface area (TPSA) is 76.1 Å². The lowest BCUT2D eigenvalue weighted by Crippen LogP contribution is -2.45. The SMILES string of the molecule is C=Cc1nc(C(F)(F)F)cnc1N[C@H]1CCC[C@@H]1NC(=O)OC(C)(C)C. The Morgan fingerprint density at radius 1 is 1.31 bits per heavy atom. The van der Waals surface area contributed by atoms with Crippen LogP contribution >= 0.6 is 0 Å². The summed E-state index contributed by atoms with van der Waals surface area (Å²) in [6, 6.07) is -0.404. The molecule has 2 atom stereocenters. The van der Waals surface area contributed by atoms with Gasteiger partial charge in [0.25, 0.3) is 0 Å². The highest BCUT2D eigenvalue weighted by molar-refractivity contribution is 5.68. The van der Waals surface area contributed by atoms with Crippen molar-refractivity contribution >= 4 is 18.0 Å². The van der Waals surface area contributed by atoms with Gasteiger partial charge in [-0.05, 0) is 46.1 Å². The predicted octanol–water partition coefficient (Wildman–Crippen LogP) is 4.00. The number of hydrogen-bond acceptors (Lipinski definition) is 5. The molecule has 0 bridgehead atoms. The zero-order valence-corrected chi connectivity index (χ0v) is 15.0. The molecule has 9 heteroatoms. The van der Waals surface area contributed by atoms with Crippen molar-refractivity contribution in [1.29, 1.82) is 0 Å². The van der Waals surface area contributed by atoms with Crippen molar-refractivity contribution < 1.29 is 22.7 Å². The summed E-state index contributed by atoms with van der Waals surface area (Å²) < 4.78 is 43.5. The number of carbonyl (C=O) groups is 1. The number of amides is 1. The van der Waals surface area contributed by atoms with Gasteiger partial charge in [-0.3, -0.25) is 0 Å². The standard InChI is InChI=1S/C17H23F3N4O2/c1-5-10-14(21-9-13(22-10)17(18,19)20)23-11-7-6-8-12(11)24-15(25)26-16(2,3)4/h5,9,11-12H,1,6-8H2,2-4H3,(H,21,23)(H,24,25)/t11-,12-/m0/s1. The van der Waals surface area contributed by atoms with Gasteiger partial charge in [0.2, 0.25) is 0 Å². The van der Waals surface area contributed by atoms with Crippen LogP contribution in [0.15, 0.2) is 12.8 Å². The molecule has 0 spiro atoms. The molecule has 1 aromatic heterocycles. The summed E-state index contributed by atoms with van der Waals surface area (Å²) in [7, 11) is 0. The average Bonchev–Trinajstić information content (AvgIpc) is 2.91. The van der Waals surface area contributed by atoms with Gasteiger partial charge in [-0.1, -0.05) is 6.58 Å². The Morgan fingerprint density at radius 2 is 1.96 bits per heavy atom. The van der Waals surface area contributed by atoms with Gasteiger partial charge in [0.1, 0.15) is 11.3 Å². The van der Waals surface area contributed by atoms with Crippen LogP contribution in [0.25, 0.3) is 6.08 Å². The first kappa shape index (κ1) is 20.0. The summed E-state index contributed by atoms with van der Waals surface area (Å²) in [4.78, 5) is 19.4. The third kappa shape index (κ3) is 5.34. The Morgan fingerprint density at radius 3 is 2.54 bits per heavy atom. The Bertz CT molecular complexity index is 671. The Labute approximate surface area is 150 Å². The second-order valence-electron chi connectivity index (χ2n) is 7.13. The summed E-state index contributed by atoms with van der Waals surface area (Å²) in [5.74, 6) is 0.205. The Hall–Kier alpha value is -2.32. The maximum Gasteiger partial charge on any atom is 0.434 e. The van der Waals surface area contributed by atoms with E-state index in [0.29, 0.717) is 6.20 Å². The lowest BCUT2D eigenvalue weighted by molar-refractivity contribution is -0.141. The lowest BCUT2D eigenvalue weighted by atomic mass is 10.1. The van der Waals surface area contributed by atoms with Crippen molar-refractivity contribution in [3.05, 3.63) is 24.2 Å². The molecule has 1 amide bonds. The first-order valence-electron chi connectivity index (χ1n) is 8.32. The number of alkyl carbamates (subject to hydrolysis) is 1. The molecule has 1 aliphatic rings. The van der Waals surface area contributed by atoms with E-state index in [1.807, 2.05) is 0 Å². The molecule has 144 valence electrons. The lowest BCUT2D eigenvalue weighted by Gasteiger charge is -2.26. The van der Waals surface area contributed by atoms with Gasteiger partial charge in [-0.2, -0.15) is 13.2 Å². The number of aromatic nitrogens is 2. The minimum Gasteiger partial charge on any atom is -0.444 e. The Balaban J connectivity index is 2.09. The summed E-state index contributed by atoms with van der Waals surface area (Å²) in [6.45, 7) is 8.80. The molecular formula is C17H23F3N4O2. The summed E-state index contributed by atoms with van der Waals surface area (Å²) >= 11 is 0. The zero-order chi connectivity index (χ0) is 19.5. The number of carbonyl (C=O) groups excluding carboxylic acids is 1. The second kappa shape index (κ2) is 7.51. The number of ether oxygens (including phenoxy) is 1. The van der Waals surface area contributed by atoms with Crippen molar-refractivity contribution in [2.45, 2.75) is 63.9 Å². The zero-order valence-electron chi connectivity index (χ0n) is 15.0. The van der Waals surface area contributed by atoms with Crippen LogP contribution in [-0.4, -0.2) is 33.7 Å². The van der Waals surface area contributed by atoms with Crippen molar-refractivity contribution in [2.24, 2.45) is 0 Å². The van der Waals surface area contributed by atoms with Crippen LogP contribution in [0, 0.1) is 0 Å². The summed E-state index contributed by atoms with van der Waals surface area (Å²) in [5, 5.41) is 5.88. The van der Waals surface area contributed by atoms with Crippen LogP contribution in [0.4, 0.5) is 23.8 Å². The minimum atomic E-state index is -4.57. The van der Waals surface area contributed by atoms with Gasteiger partial charge < -0.3 is 15.4 Å². The molecule has 0 unspecified atom stereocenters. The molecule has 6 nitrogen and oxygen atoms in total. The second-order valence-corrected chi connectivity index (χ2v) is 7.13. The number of nitrogens with zero attached hydrogens (tertiary/aromatic N) is 2. The van der Waals surface area contributed by atoms with E-state index < -0.39 is 23.6 Å². The van der Waals surface area contributed by atoms with Crippen molar-refractivity contribution in [2.75, 3.05) is 5.32 Å². The maximum atomic E-state index is 12.8. The van der Waals surface area contributed by atoms with E-state index in [0.717, 1.165) is 19.3 Å². The minimum absolute atomic E-state index is 0.0164. The van der Waals surface area contributed by atoms with Crippen LogP contribution in [0.1, 0.15) is 51.4 Å². The van der Waals surface area contributed by atoms with Gasteiger partial charge in [0.05, 0.1) is 12.2 Å². The van der Waals surface area contributed by atoms with E-state index in [4.69, 9.17) is 4.74 Å². The molecule has 1 fully saturated rings. The fraction of sp³-hybridized carbons (Fsp3) is 0.588. The molecule has 26 heavy (non-hydrogen) atoms. The maximum absolute atomic E-state index is 12.8. The predicted molar refractivity (Wildman–Crippen MR) is 91.5 cm³/mol. The van der Waals surface area contributed by atoms with Crippen LogP contribution in [0.5, 0.6) is 0 Å². The fourth-order valence-electron chi connectivity index (χ4n) is 2.73. The molecule has 0 radical (unpaired) electrons. The molecule has 1 heterocycles. The van der Waals surface area contributed by atoms with Crippen molar-refractivity contribution in [3.63, 3.8) is 0 Å². The largest absolute Gasteiger partial charge is 0.444 e. The fourth-order valence-corrected chi connectivity index (χ4v) is 2.73. The van der Waals surface area contributed by atoms with E-state index >= 15 is 0 Å².